The van der Waals surface area contributed by atoms with E-state index in [2.05, 4.69) is 21.2 Å². The van der Waals surface area contributed by atoms with Crippen molar-refractivity contribution >= 4 is 27.5 Å². The van der Waals surface area contributed by atoms with Gasteiger partial charge in [-0.3, -0.25) is 0 Å². The molecule has 100 valence electrons. The van der Waals surface area contributed by atoms with Crippen molar-refractivity contribution in [3.05, 3.63) is 28.7 Å². The first-order chi connectivity index (χ1) is 8.74. The van der Waals surface area contributed by atoms with Crippen LogP contribution in [0.3, 0.4) is 0 Å². The molecule has 0 unspecified atom stereocenters. The molecular formula is C14H19BrClNO. The van der Waals surface area contributed by atoms with Crippen molar-refractivity contribution in [3.63, 3.8) is 0 Å². The van der Waals surface area contributed by atoms with Crippen LogP contribution in [0.25, 0.3) is 0 Å². The Kier molecular flexibility index (Phi) is 5.80. The third-order valence-corrected chi connectivity index (χ3v) is 4.24. The monoisotopic (exact) mass is 331 g/mol. The lowest BCUT2D eigenvalue weighted by Crippen LogP contribution is -2.35. The molecule has 0 aromatic heterocycles. The first-order valence-corrected chi connectivity index (χ1v) is 7.73. The molecule has 18 heavy (non-hydrogen) atoms. The number of hydrogen-bond donors (Lipinski definition) is 1. The van der Waals surface area contributed by atoms with Gasteiger partial charge in [-0.1, -0.05) is 15.9 Å². The molecule has 0 radical (unpaired) electrons. The fourth-order valence-corrected chi connectivity index (χ4v) is 2.74. The van der Waals surface area contributed by atoms with Crippen LogP contribution in [-0.2, 0) is 0 Å². The average molecular weight is 333 g/mol. The minimum atomic E-state index is 0.391. The zero-order valence-corrected chi connectivity index (χ0v) is 12.7. The molecule has 0 spiro atoms. The lowest BCUT2D eigenvalue weighted by molar-refractivity contribution is 0.290. The van der Waals surface area contributed by atoms with Crippen LogP contribution in [0.5, 0.6) is 5.75 Å². The maximum atomic E-state index is 6.08. The SMILES string of the molecule is ClC1CCC(NCCOc2ccc(Br)cc2)CC1. The smallest absolute Gasteiger partial charge is 0.119 e. The van der Waals surface area contributed by atoms with Gasteiger partial charge in [0.05, 0.1) is 0 Å². The fraction of sp³-hybridized carbons (Fsp3) is 0.571. The summed E-state index contributed by atoms with van der Waals surface area (Å²) in [7, 11) is 0. The Hall–Kier alpha value is -0.250. The number of rotatable bonds is 5. The van der Waals surface area contributed by atoms with Crippen molar-refractivity contribution < 1.29 is 4.74 Å². The number of halogens is 2. The molecule has 1 aromatic rings. The third-order valence-electron chi connectivity index (χ3n) is 3.27. The largest absolute Gasteiger partial charge is 0.492 e. The van der Waals surface area contributed by atoms with Crippen LogP contribution in [0.15, 0.2) is 28.7 Å². The highest BCUT2D eigenvalue weighted by Gasteiger charge is 2.18. The van der Waals surface area contributed by atoms with E-state index >= 15 is 0 Å². The van der Waals surface area contributed by atoms with Gasteiger partial charge in [-0.05, 0) is 49.9 Å². The van der Waals surface area contributed by atoms with Crippen LogP contribution < -0.4 is 10.1 Å². The van der Waals surface area contributed by atoms with Crippen LogP contribution >= 0.6 is 27.5 Å². The lowest BCUT2D eigenvalue weighted by atomic mass is 9.95. The van der Waals surface area contributed by atoms with Crippen molar-refractivity contribution in [1.82, 2.24) is 5.32 Å². The molecule has 2 nitrogen and oxygen atoms in total. The van der Waals surface area contributed by atoms with E-state index in [1.165, 1.54) is 12.8 Å². The van der Waals surface area contributed by atoms with Gasteiger partial charge >= 0.3 is 0 Å². The third kappa shape index (κ3) is 4.79. The van der Waals surface area contributed by atoms with E-state index in [1.807, 2.05) is 24.3 Å². The van der Waals surface area contributed by atoms with Gasteiger partial charge in [0.2, 0.25) is 0 Å². The fourth-order valence-electron chi connectivity index (χ4n) is 2.22. The van der Waals surface area contributed by atoms with Crippen LogP contribution in [-0.4, -0.2) is 24.6 Å². The summed E-state index contributed by atoms with van der Waals surface area (Å²) in [6, 6.07) is 8.55. The number of alkyl halides is 1. The topological polar surface area (TPSA) is 21.3 Å². The minimum absolute atomic E-state index is 0.391. The molecule has 0 aliphatic heterocycles. The van der Waals surface area contributed by atoms with Crippen LogP contribution in [0.4, 0.5) is 0 Å². The molecule has 0 amide bonds. The van der Waals surface area contributed by atoms with E-state index in [1.54, 1.807) is 0 Å². The summed E-state index contributed by atoms with van der Waals surface area (Å²) in [5.41, 5.74) is 0. The molecule has 1 N–H and O–H groups in total. The number of ether oxygens (including phenoxy) is 1. The first-order valence-electron chi connectivity index (χ1n) is 6.50. The van der Waals surface area contributed by atoms with Crippen LogP contribution in [0.2, 0.25) is 0 Å². The van der Waals surface area contributed by atoms with Crippen molar-refractivity contribution in [1.29, 1.82) is 0 Å². The molecule has 1 aromatic carbocycles. The second-order valence-electron chi connectivity index (χ2n) is 4.71. The Morgan fingerprint density at radius 3 is 2.50 bits per heavy atom. The summed E-state index contributed by atoms with van der Waals surface area (Å²) in [4.78, 5) is 0. The van der Waals surface area contributed by atoms with Crippen LogP contribution in [0, 0.1) is 0 Å². The van der Waals surface area contributed by atoms with Crippen LogP contribution in [0.1, 0.15) is 25.7 Å². The summed E-state index contributed by atoms with van der Waals surface area (Å²) in [5.74, 6) is 0.921. The van der Waals surface area contributed by atoms with E-state index in [9.17, 15) is 0 Å². The molecule has 0 bridgehead atoms. The Labute approximate surface area is 122 Å². The van der Waals surface area contributed by atoms with E-state index in [0.29, 0.717) is 18.0 Å². The maximum Gasteiger partial charge on any atom is 0.119 e. The summed E-state index contributed by atoms with van der Waals surface area (Å²) < 4.78 is 6.74. The van der Waals surface area contributed by atoms with Gasteiger partial charge in [0.1, 0.15) is 12.4 Å². The molecule has 2 rings (SSSR count). The van der Waals surface area contributed by atoms with Crippen molar-refractivity contribution in [2.75, 3.05) is 13.2 Å². The Morgan fingerprint density at radius 2 is 1.83 bits per heavy atom. The van der Waals surface area contributed by atoms with E-state index < -0.39 is 0 Å². The summed E-state index contributed by atoms with van der Waals surface area (Å²) in [6.07, 6.45) is 4.64. The van der Waals surface area contributed by atoms with Gasteiger partial charge in [-0.15, -0.1) is 11.6 Å². The van der Waals surface area contributed by atoms with E-state index in [0.717, 1.165) is 29.6 Å². The number of benzene rings is 1. The number of hydrogen-bond acceptors (Lipinski definition) is 2. The highest BCUT2D eigenvalue weighted by atomic mass is 79.9. The molecule has 1 aliphatic rings. The Morgan fingerprint density at radius 1 is 1.17 bits per heavy atom. The quantitative estimate of drug-likeness (QED) is 0.651. The summed E-state index contributed by atoms with van der Waals surface area (Å²) in [5, 5.41) is 3.92. The summed E-state index contributed by atoms with van der Waals surface area (Å²) >= 11 is 9.49. The molecule has 4 heteroatoms. The van der Waals surface area contributed by atoms with E-state index in [-0.39, 0.29) is 0 Å². The maximum absolute atomic E-state index is 6.08. The van der Waals surface area contributed by atoms with Gasteiger partial charge in [0, 0.05) is 22.4 Å². The second kappa shape index (κ2) is 7.37. The van der Waals surface area contributed by atoms with Gasteiger partial charge in [0.25, 0.3) is 0 Å². The van der Waals surface area contributed by atoms with E-state index in [4.69, 9.17) is 16.3 Å². The Balaban J connectivity index is 1.60. The highest BCUT2D eigenvalue weighted by Crippen LogP contribution is 2.22. The lowest BCUT2D eigenvalue weighted by Gasteiger charge is -2.25. The van der Waals surface area contributed by atoms with Gasteiger partial charge < -0.3 is 10.1 Å². The standard InChI is InChI=1S/C14H19BrClNO/c15-11-1-7-14(8-2-11)18-10-9-17-13-5-3-12(16)4-6-13/h1-2,7-8,12-13,17H,3-6,9-10H2. The highest BCUT2D eigenvalue weighted by molar-refractivity contribution is 9.10. The molecule has 1 saturated carbocycles. The molecular weight excluding hydrogens is 314 g/mol. The Bertz CT molecular complexity index is 349. The first kappa shape index (κ1) is 14.2. The molecule has 1 aliphatic carbocycles. The van der Waals surface area contributed by atoms with Gasteiger partial charge in [-0.25, -0.2) is 0 Å². The second-order valence-corrected chi connectivity index (χ2v) is 6.24. The molecule has 0 saturated heterocycles. The number of nitrogens with one attached hydrogen (secondary N) is 1. The van der Waals surface area contributed by atoms with Crippen molar-refractivity contribution in [2.24, 2.45) is 0 Å². The van der Waals surface area contributed by atoms with Crippen molar-refractivity contribution in [2.45, 2.75) is 37.1 Å². The zero-order chi connectivity index (χ0) is 12.8. The van der Waals surface area contributed by atoms with Gasteiger partial charge in [0.15, 0.2) is 0 Å². The molecule has 1 fully saturated rings. The van der Waals surface area contributed by atoms with Crippen molar-refractivity contribution in [3.8, 4) is 5.75 Å². The zero-order valence-electron chi connectivity index (χ0n) is 10.4. The minimum Gasteiger partial charge on any atom is -0.492 e. The predicted molar refractivity (Wildman–Crippen MR) is 79.5 cm³/mol. The average Bonchev–Trinajstić information content (AvgIpc) is 2.39. The molecule has 0 atom stereocenters. The van der Waals surface area contributed by atoms with Gasteiger partial charge in [-0.2, -0.15) is 0 Å². The summed E-state index contributed by atoms with van der Waals surface area (Å²) in [6.45, 7) is 1.61. The molecule has 0 heterocycles. The normalized spacial score (nSPS) is 23.9. The predicted octanol–water partition coefficient (Wildman–Crippen LogP) is 3.97.